The quantitative estimate of drug-likeness (QED) is 0.642. The maximum Gasteiger partial charge on any atom is 0.360 e. The second-order valence-electron chi connectivity index (χ2n) is 3.28. The Labute approximate surface area is 85.1 Å². The van der Waals surface area contributed by atoms with Crippen LogP contribution >= 0.6 is 0 Å². The third kappa shape index (κ3) is 1.38. The Morgan fingerprint density at radius 3 is 3.00 bits per heavy atom. The molecular formula is C9H10N2O4. The summed E-state index contributed by atoms with van der Waals surface area (Å²) >= 11 is 0. The molecule has 0 bridgehead atoms. The van der Waals surface area contributed by atoms with Crippen LogP contribution in [0.3, 0.4) is 0 Å². The molecule has 0 saturated heterocycles. The summed E-state index contributed by atoms with van der Waals surface area (Å²) in [5.74, 6) is -0.898. The topological polar surface area (TPSA) is 81.4 Å². The normalized spacial score (nSPS) is 13.7. The van der Waals surface area contributed by atoms with Gasteiger partial charge in [-0.3, -0.25) is 9.36 Å². The highest BCUT2D eigenvalue weighted by molar-refractivity contribution is 5.89. The second-order valence-corrected chi connectivity index (χ2v) is 3.28. The van der Waals surface area contributed by atoms with E-state index in [2.05, 4.69) is 9.72 Å². The van der Waals surface area contributed by atoms with Crippen LogP contribution in [0.1, 0.15) is 22.7 Å². The number of ether oxygens (including phenoxy) is 1. The predicted octanol–water partition coefficient (Wildman–Crippen LogP) is -0.318. The van der Waals surface area contributed by atoms with Crippen LogP contribution in [0.2, 0.25) is 0 Å². The fourth-order valence-electron chi connectivity index (χ4n) is 1.64. The molecule has 0 atom stereocenters. The number of fused-ring (bicyclic) bond motifs is 1. The van der Waals surface area contributed by atoms with E-state index in [1.807, 2.05) is 0 Å². The summed E-state index contributed by atoms with van der Waals surface area (Å²) in [4.78, 5) is 26.7. The van der Waals surface area contributed by atoms with Crippen molar-refractivity contribution in [2.24, 2.45) is 0 Å². The molecule has 0 spiro atoms. The molecule has 1 N–H and O–H groups in total. The molecule has 0 amide bonds. The zero-order chi connectivity index (χ0) is 11.0. The molecular weight excluding hydrogens is 200 g/mol. The molecule has 0 radical (unpaired) electrons. The van der Waals surface area contributed by atoms with E-state index < -0.39 is 17.3 Å². The second kappa shape index (κ2) is 3.38. The van der Waals surface area contributed by atoms with Crippen LogP contribution in [0.4, 0.5) is 0 Å². The van der Waals surface area contributed by atoms with Crippen LogP contribution in [-0.2, 0) is 17.7 Å². The Kier molecular flexibility index (Phi) is 2.18. The molecule has 80 valence electrons. The van der Waals surface area contributed by atoms with Crippen LogP contribution < -0.4 is 5.56 Å². The van der Waals surface area contributed by atoms with E-state index in [1.165, 1.54) is 11.7 Å². The zero-order valence-electron chi connectivity index (χ0n) is 8.19. The molecule has 6 heteroatoms. The lowest BCUT2D eigenvalue weighted by atomic mass is 10.3. The van der Waals surface area contributed by atoms with Crippen molar-refractivity contribution in [1.29, 1.82) is 0 Å². The van der Waals surface area contributed by atoms with E-state index in [-0.39, 0.29) is 5.69 Å². The van der Waals surface area contributed by atoms with Gasteiger partial charge in [-0.05, 0) is 6.42 Å². The molecule has 15 heavy (non-hydrogen) atoms. The van der Waals surface area contributed by atoms with Gasteiger partial charge in [0.15, 0.2) is 5.69 Å². The number of aromatic nitrogens is 2. The van der Waals surface area contributed by atoms with Crippen molar-refractivity contribution in [2.45, 2.75) is 19.4 Å². The van der Waals surface area contributed by atoms with Gasteiger partial charge in [-0.25, -0.2) is 9.78 Å². The van der Waals surface area contributed by atoms with Gasteiger partial charge in [0.1, 0.15) is 5.82 Å². The van der Waals surface area contributed by atoms with Crippen molar-refractivity contribution in [2.75, 3.05) is 7.11 Å². The Balaban J connectivity index is 2.64. The van der Waals surface area contributed by atoms with Crippen LogP contribution in [0.15, 0.2) is 4.79 Å². The van der Waals surface area contributed by atoms with Crippen LogP contribution in [-0.4, -0.2) is 27.7 Å². The first-order valence-electron chi connectivity index (χ1n) is 4.56. The molecule has 1 aromatic heterocycles. The van der Waals surface area contributed by atoms with Crippen molar-refractivity contribution < 1.29 is 14.6 Å². The maximum atomic E-state index is 11.6. The summed E-state index contributed by atoms with van der Waals surface area (Å²) in [7, 11) is 1.17. The van der Waals surface area contributed by atoms with Crippen molar-refractivity contribution >= 4 is 5.97 Å². The van der Waals surface area contributed by atoms with Gasteiger partial charge in [-0.15, -0.1) is 0 Å². The monoisotopic (exact) mass is 210 g/mol. The molecule has 1 aliphatic rings. The first kappa shape index (κ1) is 9.70. The van der Waals surface area contributed by atoms with Crippen molar-refractivity contribution in [3.05, 3.63) is 21.9 Å². The summed E-state index contributed by atoms with van der Waals surface area (Å²) in [5.41, 5.74) is -0.867. The highest BCUT2D eigenvalue weighted by atomic mass is 16.5. The van der Waals surface area contributed by atoms with E-state index in [9.17, 15) is 14.7 Å². The minimum absolute atomic E-state index is 0.296. The van der Waals surface area contributed by atoms with E-state index in [1.54, 1.807) is 0 Å². The van der Waals surface area contributed by atoms with Gasteiger partial charge in [-0.1, -0.05) is 0 Å². The summed E-state index contributed by atoms with van der Waals surface area (Å²) in [5, 5.41) is 9.47. The van der Waals surface area contributed by atoms with E-state index in [0.717, 1.165) is 6.42 Å². The summed E-state index contributed by atoms with van der Waals surface area (Å²) in [6, 6.07) is 0. The first-order valence-corrected chi connectivity index (χ1v) is 4.56. The minimum atomic E-state index is -0.792. The number of esters is 1. The summed E-state index contributed by atoms with van der Waals surface area (Å²) < 4.78 is 5.80. The zero-order valence-corrected chi connectivity index (χ0v) is 8.19. The van der Waals surface area contributed by atoms with Gasteiger partial charge in [0.25, 0.3) is 5.56 Å². The molecule has 1 aromatic rings. The SMILES string of the molecule is COC(=O)c1nc2n(c(=O)c1O)CCC2. The third-order valence-corrected chi connectivity index (χ3v) is 2.39. The maximum absolute atomic E-state index is 11.6. The van der Waals surface area contributed by atoms with Crippen molar-refractivity contribution in [3.63, 3.8) is 0 Å². The fraction of sp³-hybridized carbons (Fsp3) is 0.444. The summed E-state index contributed by atoms with van der Waals surface area (Å²) in [6.07, 6.45) is 1.44. The van der Waals surface area contributed by atoms with Gasteiger partial charge >= 0.3 is 5.97 Å². The van der Waals surface area contributed by atoms with Gasteiger partial charge < -0.3 is 9.84 Å². The number of hydrogen-bond donors (Lipinski definition) is 1. The molecule has 0 aromatic carbocycles. The van der Waals surface area contributed by atoms with E-state index in [0.29, 0.717) is 18.8 Å². The lowest BCUT2D eigenvalue weighted by Crippen LogP contribution is -2.24. The average Bonchev–Trinajstić information content (AvgIpc) is 2.70. The van der Waals surface area contributed by atoms with Crippen LogP contribution in [0, 0.1) is 0 Å². The lowest BCUT2D eigenvalue weighted by molar-refractivity contribution is 0.0589. The highest BCUT2D eigenvalue weighted by Crippen LogP contribution is 2.16. The molecule has 2 heterocycles. The Bertz CT molecular complexity index is 478. The van der Waals surface area contributed by atoms with E-state index in [4.69, 9.17) is 0 Å². The third-order valence-electron chi connectivity index (χ3n) is 2.39. The smallest absolute Gasteiger partial charge is 0.360 e. The fourth-order valence-corrected chi connectivity index (χ4v) is 1.64. The molecule has 2 rings (SSSR count). The highest BCUT2D eigenvalue weighted by Gasteiger charge is 2.23. The number of carbonyl (C=O) groups excluding carboxylic acids is 1. The van der Waals surface area contributed by atoms with Gasteiger partial charge in [0, 0.05) is 13.0 Å². The number of aromatic hydroxyl groups is 1. The number of rotatable bonds is 1. The average molecular weight is 210 g/mol. The molecule has 6 nitrogen and oxygen atoms in total. The largest absolute Gasteiger partial charge is 0.501 e. The van der Waals surface area contributed by atoms with Gasteiger partial charge in [0.05, 0.1) is 7.11 Å². The molecule has 0 unspecified atom stereocenters. The first-order chi connectivity index (χ1) is 7.15. The number of hydrogen-bond acceptors (Lipinski definition) is 5. The van der Waals surface area contributed by atoms with E-state index >= 15 is 0 Å². The van der Waals surface area contributed by atoms with Gasteiger partial charge in [0.2, 0.25) is 5.75 Å². The number of aryl methyl sites for hydroxylation is 1. The Hall–Kier alpha value is -1.85. The number of methoxy groups -OCH3 is 1. The minimum Gasteiger partial charge on any atom is -0.501 e. The standard InChI is InChI=1S/C9H10N2O4/c1-15-9(14)6-7(12)8(13)11-4-2-3-5(11)10-6/h12H,2-4H2,1H3. The Morgan fingerprint density at radius 1 is 1.60 bits per heavy atom. The number of carbonyl (C=O) groups is 1. The predicted molar refractivity (Wildman–Crippen MR) is 49.8 cm³/mol. The molecule has 0 saturated carbocycles. The molecule has 0 fully saturated rings. The van der Waals surface area contributed by atoms with Crippen LogP contribution in [0.25, 0.3) is 0 Å². The number of nitrogens with zero attached hydrogens (tertiary/aromatic N) is 2. The van der Waals surface area contributed by atoms with Crippen LogP contribution in [0.5, 0.6) is 5.75 Å². The van der Waals surface area contributed by atoms with Crippen molar-refractivity contribution in [1.82, 2.24) is 9.55 Å². The molecule has 1 aliphatic heterocycles. The van der Waals surface area contributed by atoms with Gasteiger partial charge in [-0.2, -0.15) is 0 Å². The van der Waals surface area contributed by atoms with Crippen molar-refractivity contribution in [3.8, 4) is 5.75 Å². The Morgan fingerprint density at radius 2 is 2.33 bits per heavy atom. The molecule has 0 aliphatic carbocycles. The summed E-state index contributed by atoms with van der Waals surface area (Å²) in [6.45, 7) is 0.538. The lowest BCUT2D eigenvalue weighted by Gasteiger charge is -2.06.